The molecule has 0 fully saturated rings. The van der Waals surface area contributed by atoms with E-state index in [2.05, 4.69) is 11.9 Å². The van der Waals surface area contributed by atoms with E-state index in [9.17, 15) is 10.1 Å². The molecule has 92 valence electrons. The van der Waals surface area contributed by atoms with Crippen LogP contribution in [0.1, 0.15) is 24.0 Å². The topological polar surface area (TPSA) is 55.2 Å². The van der Waals surface area contributed by atoms with E-state index >= 15 is 0 Å². The Bertz CT molecular complexity index is 402. The first-order valence-electron chi connectivity index (χ1n) is 5.70. The highest BCUT2D eigenvalue weighted by Gasteiger charge is 2.10. The summed E-state index contributed by atoms with van der Waals surface area (Å²) in [5.41, 5.74) is 1.83. The van der Waals surface area contributed by atoms with Crippen LogP contribution in [0.25, 0.3) is 0 Å². The zero-order valence-corrected chi connectivity index (χ0v) is 10.1. The summed E-state index contributed by atoms with van der Waals surface area (Å²) in [6.45, 7) is 6.97. The van der Waals surface area contributed by atoms with Crippen molar-refractivity contribution < 1.29 is 4.92 Å². The fourth-order valence-electron chi connectivity index (χ4n) is 1.57. The van der Waals surface area contributed by atoms with Crippen LogP contribution in [-0.2, 0) is 6.54 Å². The van der Waals surface area contributed by atoms with Gasteiger partial charge in [0, 0.05) is 18.2 Å². The van der Waals surface area contributed by atoms with Crippen molar-refractivity contribution in [1.82, 2.24) is 5.32 Å². The summed E-state index contributed by atoms with van der Waals surface area (Å²) in [5.74, 6) is 0. The molecule has 0 spiro atoms. The second-order valence-electron chi connectivity index (χ2n) is 3.99. The van der Waals surface area contributed by atoms with E-state index in [1.807, 2.05) is 12.1 Å². The molecule has 0 amide bonds. The molecule has 1 aromatic carbocycles. The molecule has 0 saturated heterocycles. The monoisotopic (exact) mass is 234 g/mol. The fourth-order valence-corrected chi connectivity index (χ4v) is 1.57. The van der Waals surface area contributed by atoms with Gasteiger partial charge in [0.1, 0.15) is 0 Å². The van der Waals surface area contributed by atoms with Gasteiger partial charge in [-0.25, -0.2) is 0 Å². The zero-order valence-electron chi connectivity index (χ0n) is 10.1. The van der Waals surface area contributed by atoms with Crippen LogP contribution in [0.5, 0.6) is 0 Å². The summed E-state index contributed by atoms with van der Waals surface area (Å²) >= 11 is 0. The third-order valence-electron chi connectivity index (χ3n) is 2.56. The number of benzene rings is 1. The molecule has 0 radical (unpaired) electrons. The summed E-state index contributed by atoms with van der Waals surface area (Å²) in [6, 6.07) is 5.34. The molecule has 0 aromatic heterocycles. The maximum Gasteiger partial charge on any atom is 0.272 e. The Morgan fingerprint density at radius 2 is 2.29 bits per heavy atom. The summed E-state index contributed by atoms with van der Waals surface area (Å²) in [7, 11) is 0. The van der Waals surface area contributed by atoms with Gasteiger partial charge in [-0.05, 0) is 31.9 Å². The predicted molar refractivity (Wildman–Crippen MR) is 69.0 cm³/mol. The number of nitro groups is 1. The smallest absolute Gasteiger partial charge is 0.272 e. The number of nitrogens with one attached hydrogen (secondary N) is 1. The molecule has 0 heterocycles. The van der Waals surface area contributed by atoms with Crippen molar-refractivity contribution in [2.24, 2.45) is 0 Å². The lowest BCUT2D eigenvalue weighted by Gasteiger charge is -2.05. The van der Waals surface area contributed by atoms with Crippen molar-refractivity contribution in [3.05, 3.63) is 52.1 Å². The first kappa shape index (κ1) is 13.4. The first-order chi connectivity index (χ1) is 8.15. The highest BCUT2D eigenvalue weighted by atomic mass is 16.6. The Morgan fingerprint density at radius 3 is 2.94 bits per heavy atom. The molecule has 0 aliphatic heterocycles. The van der Waals surface area contributed by atoms with Crippen molar-refractivity contribution in [3.63, 3.8) is 0 Å². The Balaban J connectivity index is 2.51. The van der Waals surface area contributed by atoms with Crippen LogP contribution in [0.3, 0.4) is 0 Å². The van der Waals surface area contributed by atoms with Gasteiger partial charge in [-0.1, -0.05) is 18.2 Å². The van der Waals surface area contributed by atoms with E-state index in [0.717, 1.165) is 24.9 Å². The number of hydrogen-bond donors (Lipinski definition) is 1. The molecular weight excluding hydrogens is 216 g/mol. The lowest BCUT2D eigenvalue weighted by atomic mass is 10.1. The standard InChI is InChI=1S/C13H18N2O2/c1-3-4-5-8-14-10-12-7-6-11(2)13(9-12)15(16)17/h3,6-7,9,14H,1,4-5,8,10H2,2H3. The minimum Gasteiger partial charge on any atom is -0.313 e. The number of rotatable bonds is 7. The van der Waals surface area contributed by atoms with Gasteiger partial charge in [0.05, 0.1) is 4.92 Å². The lowest BCUT2D eigenvalue weighted by Crippen LogP contribution is -2.14. The highest BCUT2D eigenvalue weighted by Crippen LogP contribution is 2.18. The molecule has 1 N–H and O–H groups in total. The van der Waals surface area contributed by atoms with Crippen LogP contribution >= 0.6 is 0 Å². The average molecular weight is 234 g/mol. The van der Waals surface area contributed by atoms with Crippen LogP contribution in [0.4, 0.5) is 5.69 Å². The minimum atomic E-state index is -0.337. The maximum atomic E-state index is 10.8. The van der Waals surface area contributed by atoms with Gasteiger partial charge in [-0.3, -0.25) is 10.1 Å². The molecule has 0 saturated carbocycles. The largest absolute Gasteiger partial charge is 0.313 e. The minimum absolute atomic E-state index is 0.190. The molecular formula is C13H18N2O2. The SMILES string of the molecule is C=CCCCNCc1ccc(C)c([N+](=O)[O-])c1. The number of unbranched alkanes of at least 4 members (excludes halogenated alkanes) is 1. The lowest BCUT2D eigenvalue weighted by molar-refractivity contribution is -0.385. The van der Waals surface area contributed by atoms with Crippen LogP contribution in [0.2, 0.25) is 0 Å². The quantitative estimate of drug-likeness (QED) is 0.341. The number of nitro benzene ring substituents is 1. The summed E-state index contributed by atoms with van der Waals surface area (Å²) in [6.07, 6.45) is 3.91. The first-order valence-corrected chi connectivity index (χ1v) is 5.70. The van der Waals surface area contributed by atoms with E-state index in [4.69, 9.17) is 0 Å². The van der Waals surface area contributed by atoms with Crippen molar-refractivity contribution >= 4 is 5.69 Å². The number of nitrogens with zero attached hydrogens (tertiary/aromatic N) is 1. The van der Waals surface area contributed by atoms with Crippen molar-refractivity contribution in [2.75, 3.05) is 6.54 Å². The van der Waals surface area contributed by atoms with Gasteiger partial charge in [0.2, 0.25) is 0 Å². The van der Waals surface area contributed by atoms with Crippen LogP contribution in [0, 0.1) is 17.0 Å². The second kappa shape index (κ2) is 6.81. The number of hydrogen-bond acceptors (Lipinski definition) is 3. The van der Waals surface area contributed by atoms with E-state index in [0.29, 0.717) is 12.1 Å². The van der Waals surface area contributed by atoms with Crippen molar-refractivity contribution in [1.29, 1.82) is 0 Å². The molecule has 4 nitrogen and oxygen atoms in total. The van der Waals surface area contributed by atoms with Crippen molar-refractivity contribution in [2.45, 2.75) is 26.3 Å². The molecule has 1 aromatic rings. The second-order valence-corrected chi connectivity index (χ2v) is 3.99. The Morgan fingerprint density at radius 1 is 1.53 bits per heavy atom. The Labute approximate surface area is 101 Å². The van der Waals surface area contributed by atoms with E-state index < -0.39 is 0 Å². The van der Waals surface area contributed by atoms with Crippen LogP contribution < -0.4 is 5.32 Å². The van der Waals surface area contributed by atoms with Gasteiger partial charge < -0.3 is 5.32 Å². The van der Waals surface area contributed by atoms with Gasteiger partial charge in [0.15, 0.2) is 0 Å². The summed E-state index contributed by atoms with van der Waals surface area (Å²) < 4.78 is 0. The van der Waals surface area contributed by atoms with Crippen LogP contribution in [0.15, 0.2) is 30.9 Å². The normalized spacial score (nSPS) is 10.2. The molecule has 0 bridgehead atoms. The average Bonchev–Trinajstić information content (AvgIpc) is 2.30. The van der Waals surface area contributed by atoms with E-state index in [1.165, 1.54) is 0 Å². The third-order valence-corrected chi connectivity index (χ3v) is 2.56. The van der Waals surface area contributed by atoms with Crippen LogP contribution in [-0.4, -0.2) is 11.5 Å². The Hall–Kier alpha value is -1.68. The number of aryl methyl sites for hydroxylation is 1. The van der Waals surface area contributed by atoms with Gasteiger partial charge in [-0.15, -0.1) is 6.58 Å². The number of allylic oxidation sites excluding steroid dienone is 1. The predicted octanol–water partition coefficient (Wildman–Crippen LogP) is 2.96. The van der Waals surface area contributed by atoms with Gasteiger partial charge in [0.25, 0.3) is 5.69 Å². The summed E-state index contributed by atoms with van der Waals surface area (Å²) in [5, 5.41) is 14.0. The molecule has 0 unspecified atom stereocenters. The molecule has 4 heteroatoms. The molecule has 0 aliphatic rings. The summed E-state index contributed by atoms with van der Waals surface area (Å²) in [4.78, 5) is 10.4. The van der Waals surface area contributed by atoms with E-state index in [-0.39, 0.29) is 10.6 Å². The van der Waals surface area contributed by atoms with E-state index in [1.54, 1.807) is 19.1 Å². The van der Waals surface area contributed by atoms with Gasteiger partial charge in [-0.2, -0.15) is 0 Å². The van der Waals surface area contributed by atoms with Gasteiger partial charge >= 0.3 is 0 Å². The molecule has 0 atom stereocenters. The fraction of sp³-hybridized carbons (Fsp3) is 0.385. The maximum absolute atomic E-state index is 10.8. The molecule has 0 aliphatic carbocycles. The highest BCUT2D eigenvalue weighted by molar-refractivity contribution is 5.42. The van der Waals surface area contributed by atoms with Crippen molar-refractivity contribution in [3.8, 4) is 0 Å². The zero-order chi connectivity index (χ0) is 12.7. The molecule has 1 rings (SSSR count). The third kappa shape index (κ3) is 4.36. The Kier molecular flexibility index (Phi) is 5.36. The molecule has 17 heavy (non-hydrogen) atoms.